The van der Waals surface area contributed by atoms with Crippen molar-refractivity contribution in [2.75, 3.05) is 13.2 Å². The predicted molar refractivity (Wildman–Crippen MR) is 133 cm³/mol. The van der Waals surface area contributed by atoms with Crippen molar-refractivity contribution >= 4 is 19.2 Å². The summed E-state index contributed by atoms with van der Waals surface area (Å²) in [7, 11) is 0. The molecule has 0 aromatic rings. The molecule has 0 atom stereocenters. The molecule has 0 spiro atoms. The predicted octanol–water partition coefficient (Wildman–Crippen LogP) is 9.56. The second-order valence-corrected chi connectivity index (χ2v) is 18.8. The molecule has 0 amide bonds. The summed E-state index contributed by atoms with van der Waals surface area (Å²) in [5.41, 5.74) is 0. The zero-order chi connectivity index (χ0) is 21.5. The minimum absolute atomic E-state index is 0.967. The molecule has 29 heavy (non-hydrogen) atoms. The van der Waals surface area contributed by atoms with E-state index in [1.807, 2.05) is 0 Å². The van der Waals surface area contributed by atoms with Gasteiger partial charge in [-0.1, -0.05) is 0 Å². The second kappa shape index (κ2) is 23.4. The molecule has 0 aromatic heterocycles. The third-order valence-corrected chi connectivity index (χ3v) is 16.6. The van der Waals surface area contributed by atoms with Gasteiger partial charge in [0.2, 0.25) is 0 Å². The Morgan fingerprint density at radius 3 is 1.03 bits per heavy atom. The molecule has 0 bridgehead atoms. The van der Waals surface area contributed by atoms with E-state index in [2.05, 4.69) is 27.7 Å². The summed E-state index contributed by atoms with van der Waals surface area (Å²) in [5, 5.41) is 0. The summed E-state index contributed by atoms with van der Waals surface area (Å²) in [5.74, 6) is 0. The van der Waals surface area contributed by atoms with Gasteiger partial charge in [-0.2, -0.15) is 0 Å². The Hall–Kier alpha value is 0.719. The number of hydrogen-bond donors (Lipinski definition) is 0. The maximum atomic E-state index is 6.71. The summed E-state index contributed by atoms with van der Waals surface area (Å²) >= 11 is -2.87. The van der Waals surface area contributed by atoms with Crippen LogP contribution in [0.5, 0.6) is 0 Å². The molecule has 0 heterocycles. The Morgan fingerprint density at radius 2 is 0.690 bits per heavy atom. The van der Waals surface area contributed by atoms with Crippen LogP contribution in [0.3, 0.4) is 0 Å². The maximum absolute atomic E-state index is 6.71. The van der Waals surface area contributed by atoms with Crippen molar-refractivity contribution in [3.05, 3.63) is 0 Å². The van der Waals surface area contributed by atoms with E-state index in [1.54, 1.807) is 0 Å². The Balaban J connectivity index is 4.25. The first-order chi connectivity index (χ1) is 14.2. The van der Waals surface area contributed by atoms with E-state index < -0.39 is 19.2 Å². The van der Waals surface area contributed by atoms with Gasteiger partial charge in [-0.3, -0.25) is 0 Å². The standard InChI is InChI=1S/2C9H19O.2C4H9.Sn/c2*1-2-3-4-5-6-7-8-9-10;2*1-3-4-2;/h2*2-9H2,1H3;2*1,3-4H2,2H3;/q2*-1;;;+2. The van der Waals surface area contributed by atoms with Gasteiger partial charge < -0.3 is 0 Å². The van der Waals surface area contributed by atoms with E-state index in [-0.39, 0.29) is 0 Å². The van der Waals surface area contributed by atoms with Gasteiger partial charge in [0, 0.05) is 0 Å². The summed E-state index contributed by atoms with van der Waals surface area (Å²) in [6.07, 6.45) is 24.2. The Kier molecular flexibility index (Phi) is 24.0. The van der Waals surface area contributed by atoms with Gasteiger partial charge in [0.25, 0.3) is 0 Å². The van der Waals surface area contributed by atoms with E-state index in [4.69, 9.17) is 6.15 Å². The average Bonchev–Trinajstić information content (AvgIpc) is 2.74. The number of hydrogen-bond acceptors (Lipinski definition) is 2. The average molecular weight is 519 g/mol. The van der Waals surface area contributed by atoms with Crippen molar-refractivity contribution < 1.29 is 6.15 Å². The van der Waals surface area contributed by atoms with Gasteiger partial charge in [0.05, 0.1) is 0 Å². The molecular formula is C26H56O2Sn. The molecule has 3 heteroatoms. The summed E-state index contributed by atoms with van der Waals surface area (Å²) in [4.78, 5) is 0. The van der Waals surface area contributed by atoms with Crippen molar-refractivity contribution in [2.45, 2.75) is 152 Å². The molecule has 0 aliphatic heterocycles. The molecule has 0 radical (unpaired) electrons. The van der Waals surface area contributed by atoms with Crippen LogP contribution in [-0.4, -0.2) is 32.4 Å². The van der Waals surface area contributed by atoms with Gasteiger partial charge in [0.1, 0.15) is 0 Å². The Morgan fingerprint density at radius 1 is 0.379 bits per heavy atom. The molecule has 0 N–H and O–H groups in total. The third-order valence-electron chi connectivity index (χ3n) is 6.05. The van der Waals surface area contributed by atoms with Gasteiger partial charge >= 0.3 is 191 Å². The van der Waals surface area contributed by atoms with Crippen LogP contribution in [0, 0.1) is 0 Å². The van der Waals surface area contributed by atoms with Crippen LogP contribution in [0.1, 0.15) is 143 Å². The van der Waals surface area contributed by atoms with E-state index in [0.29, 0.717) is 0 Å². The van der Waals surface area contributed by atoms with Crippen molar-refractivity contribution in [1.82, 2.24) is 0 Å². The monoisotopic (exact) mass is 520 g/mol. The summed E-state index contributed by atoms with van der Waals surface area (Å²) < 4.78 is 16.0. The van der Waals surface area contributed by atoms with Crippen LogP contribution in [0.2, 0.25) is 8.87 Å². The molecule has 0 saturated heterocycles. The fraction of sp³-hybridized carbons (Fsp3) is 1.00. The van der Waals surface area contributed by atoms with E-state index in [9.17, 15) is 0 Å². The van der Waals surface area contributed by atoms with Gasteiger partial charge in [-0.15, -0.1) is 0 Å². The molecule has 2 nitrogen and oxygen atoms in total. The van der Waals surface area contributed by atoms with E-state index >= 15 is 0 Å². The van der Waals surface area contributed by atoms with Crippen LogP contribution in [0.15, 0.2) is 0 Å². The molecular weight excluding hydrogens is 463 g/mol. The molecule has 0 unspecified atom stereocenters. The van der Waals surface area contributed by atoms with Crippen LogP contribution in [0.4, 0.5) is 0 Å². The molecule has 0 rings (SSSR count). The Labute approximate surface area is 190 Å². The van der Waals surface area contributed by atoms with Gasteiger partial charge in [-0.05, 0) is 0 Å². The molecule has 0 aliphatic carbocycles. The first-order valence-electron chi connectivity index (χ1n) is 13.5. The second-order valence-electron chi connectivity index (χ2n) is 9.06. The van der Waals surface area contributed by atoms with Gasteiger partial charge in [-0.25, -0.2) is 0 Å². The zero-order valence-corrected chi connectivity index (χ0v) is 23.7. The number of rotatable bonds is 24. The SMILES string of the molecule is CCCCCCCCC[O][Sn]([CH2]CCC)([CH2]CCC)[O]CCCCCCCCC. The quantitative estimate of drug-likeness (QED) is 0.0934. The fourth-order valence-corrected chi connectivity index (χ4v) is 14.6. The van der Waals surface area contributed by atoms with Crippen molar-refractivity contribution in [2.24, 2.45) is 0 Å². The van der Waals surface area contributed by atoms with Crippen molar-refractivity contribution in [1.29, 1.82) is 0 Å². The van der Waals surface area contributed by atoms with E-state index in [0.717, 1.165) is 13.2 Å². The fourth-order valence-electron chi connectivity index (χ4n) is 3.98. The summed E-state index contributed by atoms with van der Waals surface area (Å²) in [6, 6.07) is 0. The van der Waals surface area contributed by atoms with Crippen molar-refractivity contribution in [3.8, 4) is 0 Å². The molecule has 176 valence electrons. The van der Waals surface area contributed by atoms with Crippen LogP contribution >= 0.6 is 0 Å². The normalized spacial score (nSPS) is 12.0. The van der Waals surface area contributed by atoms with Gasteiger partial charge in [0.15, 0.2) is 0 Å². The van der Waals surface area contributed by atoms with Crippen LogP contribution < -0.4 is 0 Å². The first-order valence-corrected chi connectivity index (χ1v) is 19.9. The third kappa shape index (κ3) is 19.2. The molecule has 0 saturated carbocycles. The number of unbranched alkanes of at least 4 members (excludes halogenated alkanes) is 14. The van der Waals surface area contributed by atoms with E-state index in [1.165, 1.54) is 124 Å². The first kappa shape index (κ1) is 29.7. The molecule has 0 aromatic carbocycles. The molecule has 0 aliphatic rings. The van der Waals surface area contributed by atoms with Crippen molar-refractivity contribution in [3.63, 3.8) is 0 Å². The summed E-state index contributed by atoms with van der Waals surface area (Å²) in [6.45, 7) is 11.1. The Bertz CT molecular complexity index is 279. The zero-order valence-electron chi connectivity index (χ0n) is 20.9. The molecule has 0 fully saturated rings. The minimum atomic E-state index is -2.87. The van der Waals surface area contributed by atoms with Crippen LogP contribution in [-0.2, 0) is 6.15 Å². The van der Waals surface area contributed by atoms with Crippen LogP contribution in [0.25, 0.3) is 0 Å². The topological polar surface area (TPSA) is 18.5 Å².